The Kier molecular flexibility index (Phi) is 6.25. The van der Waals surface area contributed by atoms with Gasteiger partial charge in [0.1, 0.15) is 5.75 Å². The van der Waals surface area contributed by atoms with Crippen LogP contribution in [0.25, 0.3) is 0 Å². The first-order valence-corrected chi connectivity index (χ1v) is 5.30. The quantitative estimate of drug-likeness (QED) is 0.777. The average molecular weight is 273 g/mol. The molecule has 0 bridgehead atoms. The predicted octanol–water partition coefficient (Wildman–Crippen LogP) is 3.93. The number of carbonyl (C=O) groups excluding carboxylic acids is 1. The third-order valence-electron chi connectivity index (χ3n) is 1.67. The molecule has 15 heavy (non-hydrogen) atoms. The van der Waals surface area contributed by atoms with E-state index < -0.39 is 0 Å². The van der Waals surface area contributed by atoms with Crippen LogP contribution >= 0.6 is 15.9 Å². The summed E-state index contributed by atoms with van der Waals surface area (Å²) in [5, 5.41) is 0. The van der Waals surface area contributed by atoms with Crippen LogP contribution in [0.2, 0.25) is 0 Å². The molecule has 0 heterocycles. The maximum absolute atomic E-state index is 10.7. The van der Waals surface area contributed by atoms with Crippen LogP contribution in [0.15, 0.2) is 22.7 Å². The Hall–Kier alpha value is -0.830. The van der Waals surface area contributed by atoms with Gasteiger partial charge in [-0.2, -0.15) is 0 Å². The van der Waals surface area contributed by atoms with Crippen molar-refractivity contribution in [3.8, 4) is 5.75 Å². The van der Waals surface area contributed by atoms with E-state index in [0.717, 1.165) is 10.8 Å². The topological polar surface area (TPSA) is 26.3 Å². The van der Waals surface area contributed by atoms with Crippen LogP contribution in [0.1, 0.15) is 31.6 Å². The molecule has 0 radical (unpaired) electrons. The molecule has 0 fully saturated rings. The summed E-state index contributed by atoms with van der Waals surface area (Å²) in [7, 11) is 0. The summed E-state index contributed by atoms with van der Waals surface area (Å²) in [6.07, 6.45) is 0.806. The number of ether oxygens (including phenoxy) is 1. The highest BCUT2D eigenvalue weighted by Gasteiger charge is 2.04. The van der Waals surface area contributed by atoms with Crippen molar-refractivity contribution in [2.75, 3.05) is 6.61 Å². The molecule has 0 aliphatic rings. The maximum atomic E-state index is 10.7. The highest BCUT2D eigenvalue weighted by Crippen LogP contribution is 2.22. The van der Waals surface area contributed by atoms with Gasteiger partial charge in [-0.05, 0) is 24.1 Å². The second kappa shape index (κ2) is 6.62. The Morgan fingerprint density at radius 3 is 2.67 bits per heavy atom. The van der Waals surface area contributed by atoms with Crippen molar-refractivity contribution in [1.82, 2.24) is 0 Å². The van der Waals surface area contributed by atoms with Crippen molar-refractivity contribution in [2.24, 2.45) is 5.92 Å². The molecular formula is C12H17BrO2. The Morgan fingerprint density at radius 2 is 2.13 bits per heavy atom. The zero-order valence-corrected chi connectivity index (χ0v) is 9.87. The predicted molar refractivity (Wildman–Crippen MR) is 66.6 cm³/mol. The van der Waals surface area contributed by atoms with Crippen LogP contribution in [0.3, 0.4) is 0 Å². The van der Waals surface area contributed by atoms with Crippen LogP contribution in [0.5, 0.6) is 5.75 Å². The zero-order valence-electron chi connectivity index (χ0n) is 8.29. The van der Waals surface area contributed by atoms with Gasteiger partial charge in [0.05, 0.1) is 12.2 Å². The highest BCUT2D eigenvalue weighted by atomic mass is 79.9. The van der Waals surface area contributed by atoms with Gasteiger partial charge in [-0.25, -0.2) is 0 Å². The average Bonchev–Trinajstić information content (AvgIpc) is 2.15. The summed E-state index contributed by atoms with van der Waals surface area (Å²) in [5.41, 5.74) is 0.583. The smallest absolute Gasteiger partial charge is 0.153 e. The van der Waals surface area contributed by atoms with Crippen LogP contribution in [0, 0.1) is 5.92 Å². The summed E-state index contributed by atoms with van der Waals surface area (Å²) < 4.78 is 6.38. The van der Waals surface area contributed by atoms with E-state index in [4.69, 9.17) is 4.74 Å². The second-order valence-electron chi connectivity index (χ2n) is 3.50. The maximum Gasteiger partial charge on any atom is 0.153 e. The molecule has 3 heteroatoms. The van der Waals surface area contributed by atoms with E-state index in [1.807, 2.05) is 6.07 Å². The number of aldehydes is 1. The fourth-order valence-electron chi connectivity index (χ4n) is 0.999. The van der Waals surface area contributed by atoms with Crippen molar-refractivity contribution in [3.63, 3.8) is 0 Å². The molecule has 1 aromatic carbocycles. The Morgan fingerprint density at radius 1 is 1.47 bits per heavy atom. The minimum atomic E-state index is 0. The number of hydrogen-bond donors (Lipinski definition) is 0. The second-order valence-corrected chi connectivity index (χ2v) is 4.42. The first-order chi connectivity index (χ1) is 6.63. The lowest BCUT2D eigenvalue weighted by Gasteiger charge is -2.10. The normalized spacial score (nSPS) is 9.60. The number of rotatable bonds is 4. The van der Waals surface area contributed by atoms with E-state index >= 15 is 0 Å². The lowest BCUT2D eigenvalue weighted by Crippen LogP contribution is -2.05. The molecule has 84 valence electrons. The van der Waals surface area contributed by atoms with Gasteiger partial charge in [0.25, 0.3) is 0 Å². The van der Waals surface area contributed by atoms with Crippen LogP contribution in [0.4, 0.5) is 0 Å². The van der Waals surface area contributed by atoms with Gasteiger partial charge in [0.2, 0.25) is 0 Å². The van der Waals surface area contributed by atoms with Crippen molar-refractivity contribution < 1.29 is 9.53 Å². The third-order valence-corrected chi connectivity index (χ3v) is 2.16. The van der Waals surface area contributed by atoms with Gasteiger partial charge in [-0.1, -0.05) is 37.2 Å². The van der Waals surface area contributed by atoms with Crippen molar-refractivity contribution in [3.05, 3.63) is 28.2 Å². The van der Waals surface area contributed by atoms with Crippen molar-refractivity contribution in [2.45, 2.75) is 21.3 Å². The van der Waals surface area contributed by atoms with Gasteiger partial charge in [0, 0.05) is 4.47 Å². The highest BCUT2D eigenvalue weighted by molar-refractivity contribution is 9.10. The fourth-order valence-corrected chi connectivity index (χ4v) is 1.38. The summed E-state index contributed by atoms with van der Waals surface area (Å²) in [6.45, 7) is 4.77. The van der Waals surface area contributed by atoms with Crippen LogP contribution in [-0.4, -0.2) is 12.9 Å². The molecule has 0 aliphatic carbocycles. The molecule has 2 nitrogen and oxygen atoms in total. The number of benzene rings is 1. The van der Waals surface area contributed by atoms with E-state index in [-0.39, 0.29) is 7.43 Å². The van der Waals surface area contributed by atoms with E-state index in [1.54, 1.807) is 12.1 Å². The van der Waals surface area contributed by atoms with E-state index in [9.17, 15) is 4.79 Å². The molecular weight excluding hydrogens is 256 g/mol. The van der Waals surface area contributed by atoms with Gasteiger partial charge < -0.3 is 4.74 Å². The van der Waals surface area contributed by atoms with Gasteiger partial charge in [-0.3, -0.25) is 4.79 Å². The molecule has 0 saturated heterocycles. The largest absolute Gasteiger partial charge is 0.493 e. The number of halogens is 1. The standard InChI is InChI=1S/C11H13BrO2.CH4/c1-8(2)7-14-11-4-3-10(12)5-9(11)6-13;/h3-6,8H,7H2,1-2H3;1H4. The number of hydrogen-bond acceptors (Lipinski definition) is 2. The summed E-state index contributed by atoms with van der Waals surface area (Å²) >= 11 is 3.30. The minimum Gasteiger partial charge on any atom is -0.493 e. The Labute approximate surface area is 99.8 Å². The molecule has 0 amide bonds. The first-order valence-electron chi connectivity index (χ1n) is 4.51. The molecule has 0 unspecified atom stereocenters. The van der Waals surface area contributed by atoms with Crippen molar-refractivity contribution in [1.29, 1.82) is 0 Å². The molecule has 0 atom stereocenters. The third kappa shape index (κ3) is 4.47. The fraction of sp³-hybridized carbons (Fsp3) is 0.417. The van der Waals surface area contributed by atoms with Crippen LogP contribution in [-0.2, 0) is 0 Å². The van der Waals surface area contributed by atoms with E-state index in [0.29, 0.717) is 23.8 Å². The van der Waals surface area contributed by atoms with Crippen LogP contribution < -0.4 is 4.74 Å². The lowest BCUT2D eigenvalue weighted by molar-refractivity contribution is 0.111. The lowest BCUT2D eigenvalue weighted by atomic mass is 10.2. The Bertz CT molecular complexity index is 321. The summed E-state index contributed by atoms with van der Waals surface area (Å²) in [4.78, 5) is 10.7. The molecule has 1 aromatic rings. The first kappa shape index (κ1) is 14.2. The monoisotopic (exact) mass is 272 g/mol. The minimum absolute atomic E-state index is 0. The number of carbonyl (C=O) groups is 1. The van der Waals surface area contributed by atoms with E-state index in [2.05, 4.69) is 29.8 Å². The van der Waals surface area contributed by atoms with Gasteiger partial charge in [-0.15, -0.1) is 0 Å². The van der Waals surface area contributed by atoms with Crippen molar-refractivity contribution >= 4 is 22.2 Å². The molecule has 0 saturated carbocycles. The zero-order chi connectivity index (χ0) is 10.6. The SMILES string of the molecule is C.CC(C)COc1ccc(Br)cc1C=O. The Balaban J connectivity index is 0.00000196. The summed E-state index contributed by atoms with van der Waals surface area (Å²) in [5.74, 6) is 1.11. The van der Waals surface area contributed by atoms with E-state index in [1.165, 1.54) is 0 Å². The summed E-state index contributed by atoms with van der Waals surface area (Å²) in [6, 6.07) is 5.42. The molecule has 0 spiro atoms. The van der Waals surface area contributed by atoms with Gasteiger partial charge in [0.15, 0.2) is 6.29 Å². The molecule has 0 N–H and O–H groups in total. The van der Waals surface area contributed by atoms with Gasteiger partial charge >= 0.3 is 0 Å². The molecule has 0 aliphatic heterocycles. The molecule has 0 aromatic heterocycles. The molecule has 1 rings (SSSR count).